The van der Waals surface area contributed by atoms with Crippen LogP contribution in [0.2, 0.25) is 0 Å². The molecule has 0 aliphatic carbocycles. The Labute approximate surface area is 152 Å². The van der Waals surface area contributed by atoms with E-state index >= 15 is 0 Å². The molecule has 0 atom stereocenters. The standard InChI is InChI=1S/C17H37N5OS/c1-14(2)22(15(3)4)11-8-9-18-17(19-10-12-24-7)20-13-16(23)21(5)6/h14-15H,8-13H2,1-7H3,(H2,18,19,20). The summed E-state index contributed by atoms with van der Waals surface area (Å²) < 4.78 is 0. The third-order valence-electron chi connectivity index (χ3n) is 3.68. The van der Waals surface area contributed by atoms with Crippen LogP contribution in [0.1, 0.15) is 34.1 Å². The van der Waals surface area contributed by atoms with Crippen LogP contribution in [-0.2, 0) is 4.79 Å². The normalized spacial score (nSPS) is 12.2. The molecule has 0 bridgehead atoms. The van der Waals surface area contributed by atoms with Gasteiger partial charge in [-0.05, 0) is 40.4 Å². The van der Waals surface area contributed by atoms with Crippen molar-refractivity contribution in [2.24, 2.45) is 4.99 Å². The number of nitrogens with zero attached hydrogens (tertiary/aromatic N) is 3. The fourth-order valence-corrected chi connectivity index (χ4v) is 2.62. The minimum atomic E-state index is 0.00626. The fourth-order valence-electron chi connectivity index (χ4n) is 2.32. The van der Waals surface area contributed by atoms with Gasteiger partial charge in [0.2, 0.25) is 5.91 Å². The van der Waals surface area contributed by atoms with Gasteiger partial charge in [0.25, 0.3) is 0 Å². The first-order valence-electron chi connectivity index (χ1n) is 8.76. The zero-order chi connectivity index (χ0) is 18.5. The predicted octanol–water partition coefficient (Wildman–Crippen LogP) is 1.48. The van der Waals surface area contributed by atoms with Gasteiger partial charge in [0.1, 0.15) is 6.54 Å². The number of carbonyl (C=O) groups is 1. The molecule has 0 heterocycles. The monoisotopic (exact) mass is 359 g/mol. The van der Waals surface area contributed by atoms with E-state index in [-0.39, 0.29) is 12.5 Å². The van der Waals surface area contributed by atoms with Gasteiger partial charge in [-0.1, -0.05) is 0 Å². The van der Waals surface area contributed by atoms with E-state index < -0.39 is 0 Å². The second-order valence-electron chi connectivity index (χ2n) is 6.58. The van der Waals surface area contributed by atoms with Crippen LogP contribution in [-0.4, -0.2) is 86.0 Å². The molecule has 6 nitrogen and oxygen atoms in total. The van der Waals surface area contributed by atoms with E-state index in [1.165, 1.54) is 0 Å². The van der Waals surface area contributed by atoms with Gasteiger partial charge >= 0.3 is 0 Å². The molecule has 0 saturated carbocycles. The predicted molar refractivity (Wildman–Crippen MR) is 107 cm³/mol. The molecule has 1 amide bonds. The van der Waals surface area contributed by atoms with Crippen molar-refractivity contribution in [2.75, 3.05) is 52.3 Å². The summed E-state index contributed by atoms with van der Waals surface area (Å²) in [6.45, 7) is 11.8. The highest BCUT2D eigenvalue weighted by Gasteiger charge is 2.12. The number of aliphatic imine (C=N–C) groups is 1. The summed E-state index contributed by atoms with van der Waals surface area (Å²) in [5.41, 5.74) is 0. The summed E-state index contributed by atoms with van der Waals surface area (Å²) in [6.07, 6.45) is 3.12. The van der Waals surface area contributed by atoms with Crippen LogP contribution in [0, 0.1) is 0 Å². The number of carbonyl (C=O) groups excluding carboxylic acids is 1. The Hall–Kier alpha value is -0.950. The minimum absolute atomic E-state index is 0.00626. The number of hydrogen-bond acceptors (Lipinski definition) is 4. The molecule has 0 unspecified atom stereocenters. The summed E-state index contributed by atoms with van der Waals surface area (Å²) in [4.78, 5) is 20.1. The zero-order valence-electron chi connectivity index (χ0n) is 16.6. The molecule has 24 heavy (non-hydrogen) atoms. The molecule has 0 radical (unpaired) electrons. The Morgan fingerprint density at radius 2 is 1.67 bits per heavy atom. The molecule has 0 spiro atoms. The van der Waals surface area contributed by atoms with Gasteiger partial charge in [0, 0.05) is 51.6 Å². The molecule has 0 saturated heterocycles. The maximum absolute atomic E-state index is 11.7. The molecular formula is C17H37N5OS. The Morgan fingerprint density at radius 3 is 2.17 bits per heavy atom. The average Bonchev–Trinajstić information content (AvgIpc) is 2.50. The third kappa shape index (κ3) is 10.8. The number of hydrogen-bond donors (Lipinski definition) is 2. The number of guanidine groups is 1. The van der Waals surface area contributed by atoms with E-state index in [0.717, 1.165) is 37.8 Å². The first-order valence-corrected chi connectivity index (χ1v) is 10.2. The van der Waals surface area contributed by atoms with Gasteiger partial charge in [-0.25, -0.2) is 4.99 Å². The number of rotatable bonds is 11. The van der Waals surface area contributed by atoms with E-state index in [1.807, 2.05) is 0 Å². The maximum Gasteiger partial charge on any atom is 0.243 e. The lowest BCUT2D eigenvalue weighted by atomic mass is 10.2. The van der Waals surface area contributed by atoms with Crippen molar-refractivity contribution < 1.29 is 4.79 Å². The van der Waals surface area contributed by atoms with Crippen molar-refractivity contribution in [2.45, 2.75) is 46.2 Å². The van der Waals surface area contributed by atoms with E-state index in [9.17, 15) is 4.79 Å². The van der Waals surface area contributed by atoms with Crippen molar-refractivity contribution in [3.8, 4) is 0 Å². The first-order chi connectivity index (χ1) is 11.3. The van der Waals surface area contributed by atoms with Crippen LogP contribution in [0.5, 0.6) is 0 Å². The van der Waals surface area contributed by atoms with Crippen molar-refractivity contribution >= 4 is 23.6 Å². The molecule has 0 aromatic rings. The number of likely N-dealkylation sites (N-methyl/N-ethyl adjacent to an activating group) is 1. The summed E-state index contributed by atoms with van der Waals surface area (Å²) in [6, 6.07) is 1.10. The van der Waals surface area contributed by atoms with Crippen LogP contribution in [0.3, 0.4) is 0 Å². The smallest absolute Gasteiger partial charge is 0.243 e. The van der Waals surface area contributed by atoms with Crippen LogP contribution >= 0.6 is 11.8 Å². The first kappa shape index (κ1) is 23.1. The molecule has 0 aromatic carbocycles. The molecule has 142 valence electrons. The lowest BCUT2D eigenvalue weighted by Crippen LogP contribution is -2.42. The zero-order valence-corrected chi connectivity index (χ0v) is 17.4. The molecule has 0 aromatic heterocycles. The quantitative estimate of drug-likeness (QED) is 0.332. The average molecular weight is 360 g/mol. The van der Waals surface area contributed by atoms with Crippen LogP contribution in [0.25, 0.3) is 0 Å². The van der Waals surface area contributed by atoms with Crippen molar-refractivity contribution in [3.05, 3.63) is 0 Å². The summed E-state index contributed by atoms with van der Waals surface area (Å²) >= 11 is 1.78. The van der Waals surface area contributed by atoms with Crippen LogP contribution in [0.4, 0.5) is 0 Å². The molecule has 0 fully saturated rings. The van der Waals surface area contributed by atoms with E-state index in [2.05, 4.69) is 54.5 Å². The van der Waals surface area contributed by atoms with Gasteiger partial charge in [-0.3, -0.25) is 9.69 Å². The molecule has 7 heteroatoms. The Balaban J connectivity index is 4.38. The van der Waals surface area contributed by atoms with Gasteiger partial charge in [0.05, 0.1) is 0 Å². The van der Waals surface area contributed by atoms with E-state index in [1.54, 1.807) is 30.8 Å². The SMILES string of the molecule is CSCCNC(=NCC(=O)N(C)C)NCCCN(C(C)C)C(C)C. The highest BCUT2D eigenvalue weighted by Crippen LogP contribution is 2.05. The molecule has 0 aliphatic heterocycles. The van der Waals surface area contributed by atoms with Gasteiger partial charge in [-0.15, -0.1) is 0 Å². The Kier molecular flexibility index (Phi) is 12.8. The van der Waals surface area contributed by atoms with Crippen molar-refractivity contribution in [1.82, 2.24) is 20.4 Å². The lowest BCUT2D eigenvalue weighted by Gasteiger charge is -2.30. The second-order valence-corrected chi connectivity index (χ2v) is 7.56. The second kappa shape index (κ2) is 13.4. The molecule has 0 rings (SSSR count). The topological polar surface area (TPSA) is 60.0 Å². The summed E-state index contributed by atoms with van der Waals surface area (Å²) in [5, 5.41) is 6.62. The van der Waals surface area contributed by atoms with Gasteiger partial charge in [-0.2, -0.15) is 11.8 Å². The van der Waals surface area contributed by atoms with E-state index in [4.69, 9.17) is 0 Å². The van der Waals surface area contributed by atoms with Crippen LogP contribution < -0.4 is 10.6 Å². The highest BCUT2D eigenvalue weighted by atomic mass is 32.2. The number of amides is 1. The molecule has 2 N–H and O–H groups in total. The Morgan fingerprint density at radius 1 is 1.08 bits per heavy atom. The molecular weight excluding hydrogens is 322 g/mol. The van der Waals surface area contributed by atoms with Gasteiger partial charge in [0.15, 0.2) is 5.96 Å². The maximum atomic E-state index is 11.7. The Bertz CT molecular complexity index is 364. The summed E-state index contributed by atoms with van der Waals surface area (Å²) in [5.74, 6) is 1.74. The number of nitrogens with one attached hydrogen (secondary N) is 2. The van der Waals surface area contributed by atoms with E-state index in [0.29, 0.717) is 12.1 Å². The fraction of sp³-hybridized carbons (Fsp3) is 0.882. The van der Waals surface area contributed by atoms with Crippen LogP contribution in [0.15, 0.2) is 4.99 Å². The van der Waals surface area contributed by atoms with Crippen molar-refractivity contribution in [1.29, 1.82) is 0 Å². The number of thioether (sulfide) groups is 1. The minimum Gasteiger partial charge on any atom is -0.356 e. The van der Waals surface area contributed by atoms with Crippen molar-refractivity contribution in [3.63, 3.8) is 0 Å². The largest absolute Gasteiger partial charge is 0.356 e. The third-order valence-corrected chi connectivity index (χ3v) is 4.29. The highest BCUT2D eigenvalue weighted by molar-refractivity contribution is 7.98. The van der Waals surface area contributed by atoms with Gasteiger partial charge < -0.3 is 15.5 Å². The lowest BCUT2D eigenvalue weighted by molar-refractivity contribution is -0.127. The molecule has 0 aliphatic rings. The summed E-state index contributed by atoms with van der Waals surface area (Å²) in [7, 11) is 3.50.